The van der Waals surface area contributed by atoms with Crippen LogP contribution in [0.3, 0.4) is 0 Å². The summed E-state index contributed by atoms with van der Waals surface area (Å²) in [5, 5.41) is 0.729. The first-order valence-electron chi connectivity index (χ1n) is 8.28. The molecule has 1 aromatic carbocycles. The van der Waals surface area contributed by atoms with Gasteiger partial charge in [-0.15, -0.1) is 0 Å². The van der Waals surface area contributed by atoms with Crippen molar-refractivity contribution in [3.05, 3.63) is 35.4 Å². The molecule has 0 spiro atoms. The summed E-state index contributed by atoms with van der Waals surface area (Å²) in [4.78, 5) is 0. The predicted molar refractivity (Wildman–Crippen MR) is 95.6 cm³/mol. The molecule has 0 amide bonds. The molecule has 2 heteroatoms. The molecule has 1 saturated carbocycles. The van der Waals surface area contributed by atoms with Crippen LogP contribution in [0, 0.1) is 24.2 Å². The van der Waals surface area contributed by atoms with Crippen molar-refractivity contribution in [2.45, 2.75) is 58.0 Å². The van der Waals surface area contributed by atoms with Gasteiger partial charge in [0, 0.05) is 11.0 Å². The molecule has 0 aromatic heterocycles. The Hall–Kier alpha value is -0.470. The molecular weight excluding hydrogens is 274 g/mol. The summed E-state index contributed by atoms with van der Waals surface area (Å²) in [6.07, 6.45) is 4.00. The average molecular weight is 306 g/mol. The normalized spacial score (nSPS) is 26.8. The number of nitrogens with two attached hydrogens (primary N) is 1. The van der Waals surface area contributed by atoms with Crippen LogP contribution >= 0.6 is 11.8 Å². The van der Waals surface area contributed by atoms with Gasteiger partial charge in [0.15, 0.2) is 0 Å². The third-order valence-corrected chi connectivity index (χ3v) is 6.65. The van der Waals surface area contributed by atoms with Crippen molar-refractivity contribution in [2.24, 2.45) is 23.0 Å². The topological polar surface area (TPSA) is 26.0 Å². The fourth-order valence-electron chi connectivity index (χ4n) is 3.42. The van der Waals surface area contributed by atoms with Crippen molar-refractivity contribution in [1.29, 1.82) is 0 Å². The maximum Gasteiger partial charge on any atom is 0.0190 e. The van der Waals surface area contributed by atoms with Crippen LogP contribution in [0.5, 0.6) is 0 Å². The summed E-state index contributed by atoms with van der Waals surface area (Å²) in [5.74, 6) is 2.68. The van der Waals surface area contributed by atoms with Gasteiger partial charge in [0.25, 0.3) is 0 Å². The largest absolute Gasteiger partial charge is 0.330 e. The highest BCUT2D eigenvalue weighted by Gasteiger charge is 2.35. The SMILES string of the molecule is Cc1ccccc1CSC1CC(C(C)(C)C)CCC1CN. The van der Waals surface area contributed by atoms with Gasteiger partial charge in [-0.05, 0) is 61.1 Å². The van der Waals surface area contributed by atoms with Crippen molar-refractivity contribution in [3.8, 4) is 0 Å². The van der Waals surface area contributed by atoms with Gasteiger partial charge in [-0.1, -0.05) is 45.0 Å². The summed E-state index contributed by atoms with van der Waals surface area (Å²) in [6.45, 7) is 10.2. The second kappa shape index (κ2) is 7.19. The van der Waals surface area contributed by atoms with Crippen LogP contribution in [0.1, 0.15) is 51.2 Å². The predicted octanol–water partition coefficient (Wildman–Crippen LogP) is 5.02. The molecule has 2 rings (SSSR count). The summed E-state index contributed by atoms with van der Waals surface area (Å²) in [7, 11) is 0. The fraction of sp³-hybridized carbons (Fsp3) is 0.684. The lowest BCUT2D eigenvalue weighted by molar-refractivity contribution is 0.157. The van der Waals surface area contributed by atoms with Crippen molar-refractivity contribution in [1.82, 2.24) is 0 Å². The highest BCUT2D eigenvalue weighted by molar-refractivity contribution is 7.99. The van der Waals surface area contributed by atoms with E-state index in [9.17, 15) is 0 Å². The highest BCUT2D eigenvalue weighted by atomic mass is 32.2. The Balaban J connectivity index is 2.00. The maximum absolute atomic E-state index is 6.03. The lowest BCUT2D eigenvalue weighted by Gasteiger charge is -2.41. The molecule has 21 heavy (non-hydrogen) atoms. The van der Waals surface area contributed by atoms with E-state index in [-0.39, 0.29) is 0 Å². The van der Waals surface area contributed by atoms with Crippen molar-refractivity contribution in [3.63, 3.8) is 0 Å². The van der Waals surface area contributed by atoms with Crippen molar-refractivity contribution >= 4 is 11.8 Å². The van der Waals surface area contributed by atoms with Crippen LogP contribution in [0.25, 0.3) is 0 Å². The number of hydrogen-bond donors (Lipinski definition) is 1. The minimum Gasteiger partial charge on any atom is -0.330 e. The Morgan fingerprint density at radius 2 is 1.90 bits per heavy atom. The molecule has 1 nitrogen and oxygen atoms in total. The van der Waals surface area contributed by atoms with Crippen LogP contribution in [0.2, 0.25) is 0 Å². The molecule has 0 bridgehead atoms. The van der Waals surface area contributed by atoms with Gasteiger partial charge in [0.2, 0.25) is 0 Å². The Bertz CT molecular complexity index is 449. The number of thioether (sulfide) groups is 1. The van der Waals surface area contributed by atoms with Gasteiger partial charge in [-0.2, -0.15) is 11.8 Å². The maximum atomic E-state index is 6.03. The molecule has 3 atom stereocenters. The molecule has 118 valence electrons. The van der Waals surface area contributed by atoms with Crippen LogP contribution in [-0.4, -0.2) is 11.8 Å². The molecule has 0 heterocycles. The van der Waals surface area contributed by atoms with Crippen molar-refractivity contribution < 1.29 is 0 Å². The first kappa shape index (κ1) is 16.9. The smallest absolute Gasteiger partial charge is 0.0190 e. The van der Waals surface area contributed by atoms with Crippen LogP contribution in [0.4, 0.5) is 0 Å². The fourth-order valence-corrected chi connectivity index (χ4v) is 5.03. The summed E-state index contributed by atoms with van der Waals surface area (Å²) in [6, 6.07) is 8.77. The van der Waals surface area contributed by atoms with Crippen LogP contribution in [-0.2, 0) is 5.75 Å². The van der Waals surface area contributed by atoms with E-state index >= 15 is 0 Å². The highest BCUT2D eigenvalue weighted by Crippen LogP contribution is 2.44. The van der Waals surface area contributed by atoms with E-state index in [1.54, 1.807) is 0 Å². The summed E-state index contributed by atoms with van der Waals surface area (Å²) in [5.41, 5.74) is 9.36. The standard InChI is InChI=1S/C19H31NS/c1-14-7-5-6-8-16(14)13-21-18-11-17(19(2,3)4)10-9-15(18)12-20/h5-8,15,17-18H,9-13,20H2,1-4H3. The zero-order chi connectivity index (χ0) is 15.5. The summed E-state index contributed by atoms with van der Waals surface area (Å²) >= 11 is 2.14. The van der Waals surface area contributed by atoms with E-state index in [0.717, 1.165) is 23.5 Å². The second-order valence-electron chi connectivity index (χ2n) is 7.65. The third-order valence-electron chi connectivity index (χ3n) is 5.17. The van der Waals surface area contributed by atoms with Crippen LogP contribution in [0.15, 0.2) is 24.3 Å². The molecule has 3 unspecified atom stereocenters. The van der Waals surface area contributed by atoms with Gasteiger partial charge in [-0.3, -0.25) is 0 Å². The first-order chi connectivity index (χ1) is 9.91. The van der Waals surface area contributed by atoms with Gasteiger partial charge < -0.3 is 5.73 Å². The number of benzene rings is 1. The number of aryl methyl sites for hydroxylation is 1. The van der Waals surface area contributed by atoms with E-state index in [1.165, 1.54) is 30.4 Å². The molecule has 1 aliphatic carbocycles. The monoisotopic (exact) mass is 305 g/mol. The number of rotatable bonds is 4. The Labute approximate surface area is 135 Å². The first-order valence-corrected chi connectivity index (χ1v) is 9.33. The number of hydrogen-bond acceptors (Lipinski definition) is 2. The Kier molecular flexibility index (Phi) is 5.79. The van der Waals surface area contributed by atoms with Gasteiger partial charge >= 0.3 is 0 Å². The van der Waals surface area contributed by atoms with Gasteiger partial charge in [0.05, 0.1) is 0 Å². The average Bonchev–Trinajstić information content (AvgIpc) is 2.45. The Morgan fingerprint density at radius 1 is 1.19 bits per heavy atom. The summed E-state index contributed by atoms with van der Waals surface area (Å²) < 4.78 is 0. The molecule has 0 saturated heterocycles. The van der Waals surface area contributed by atoms with Crippen molar-refractivity contribution in [2.75, 3.05) is 6.54 Å². The van der Waals surface area contributed by atoms with E-state index in [1.807, 2.05) is 0 Å². The van der Waals surface area contributed by atoms with E-state index in [4.69, 9.17) is 5.73 Å². The lowest BCUT2D eigenvalue weighted by Crippen LogP contribution is -2.36. The zero-order valence-electron chi connectivity index (χ0n) is 14.1. The second-order valence-corrected chi connectivity index (χ2v) is 8.88. The molecule has 0 aliphatic heterocycles. The molecule has 1 aromatic rings. The zero-order valence-corrected chi connectivity index (χ0v) is 14.9. The van der Waals surface area contributed by atoms with Crippen LogP contribution < -0.4 is 5.73 Å². The van der Waals surface area contributed by atoms with Gasteiger partial charge in [-0.25, -0.2) is 0 Å². The molecule has 0 radical (unpaired) electrons. The minimum atomic E-state index is 0.432. The van der Waals surface area contributed by atoms with E-state index in [0.29, 0.717) is 11.3 Å². The van der Waals surface area contributed by atoms with E-state index < -0.39 is 0 Å². The van der Waals surface area contributed by atoms with Gasteiger partial charge in [0.1, 0.15) is 0 Å². The molecule has 2 N–H and O–H groups in total. The third kappa shape index (κ3) is 4.50. The minimum absolute atomic E-state index is 0.432. The molecular formula is C19H31NS. The Morgan fingerprint density at radius 3 is 2.52 bits per heavy atom. The quantitative estimate of drug-likeness (QED) is 0.845. The molecule has 1 fully saturated rings. The lowest BCUT2D eigenvalue weighted by atomic mass is 9.69. The van der Waals surface area contributed by atoms with E-state index in [2.05, 4.69) is 63.7 Å². The molecule has 1 aliphatic rings.